The van der Waals surface area contributed by atoms with Crippen LogP contribution in [0.5, 0.6) is 5.75 Å². The van der Waals surface area contributed by atoms with Crippen LogP contribution in [-0.2, 0) is 9.84 Å². The summed E-state index contributed by atoms with van der Waals surface area (Å²) in [7, 11) is -2.18. The number of pyridine rings is 1. The first-order chi connectivity index (χ1) is 12.6. The lowest BCUT2D eigenvalue weighted by atomic mass is 10.0. The standard InChI is InChI=1S/C19H19N3O3S/c1-25-14-3-2-4-15(11-14)26(23,24)17-7-10-21-18-16(12-22-19(17)18)13-5-8-20-9-6-13/h2-5,7,10-12,20,22H,6,8-9H2,1H3. The zero-order valence-electron chi connectivity index (χ0n) is 14.3. The van der Waals surface area contributed by atoms with Crippen molar-refractivity contribution in [2.24, 2.45) is 0 Å². The van der Waals surface area contributed by atoms with Gasteiger partial charge in [-0.25, -0.2) is 8.42 Å². The van der Waals surface area contributed by atoms with Gasteiger partial charge in [-0.1, -0.05) is 12.1 Å². The van der Waals surface area contributed by atoms with E-state index in [0.29, 0.717) is 16.8 Å². The fraction of sp³-hybridized carbons (Fsp3) is 0.211. The molecule has 1 aromatic carbocycles. The third-order valence-corrected chi connectivity index (χ3v) is 6.37. The van der Waals surface area contributed by atoms with Crippen LogP contribution in [0.15, 0.2) is 58.6 Å². The van der Waals surface area contributed by atoms with Gasteiger partial charge in [-0.3, -0.25) is 4.98 Å². The summed E-state index contributed by atoms with van der Waals surface area (Å²) < 4.78 is 31.5. The number of fused-ring (bicyclic) bond motifs is 1. The lowest BCUT2D eigenvalue weighted by Gasteiger charge is -2.13. The maximum absolute atomic E-state index is 13.2. The molecule has 134 valence electrons. The van der Waals surface area contributed by atoms with Crippen LogP contribution in [0.4, 0.5) is 0 Å². The Balaban J connectivity index is 1.87. The van der Waals surface area contributed by atoms with Crippen molar-refractivity contribution < 1.29 is 13.2 Å². The van der Waals surface area contributed by atoms with Crippen LogP contribution < -0.4 is 10.1 Å². The molecule has 0 fully saturated rings. The second kappa shape index (κ2) is 6.59. The molecule has 0 radical (unpaired) electrons. The van der Waals surface area contributed by atoms with E-state index < -0.39 is 9.84 Å². The number of nitrogens with zero attached hydrogens (tertiary/aromatic N) is 1. The van der Waals surface area contributed by atoms with Crippen molar-refractivity contribution in [2.45, 2.75) is 16.2 Å². The third kappa shape index (κ3) is 2.79. The predicted molar refractivity (Wildman–Crippen MR) is 100 cm³/mol. The van der Waals surface area contributed by atoms with Gasteiger partial charge in [-0.15, -0.1) is 0 Å². The number of nitrogens with one attached hydrogen (secondary N) is 2. The first-order valence-corrected chi connectivity index (χ1v) is 9.85. The highest BCUT2D eigenvalue weighted by Gasteiger charge is 2.24. The van der Waals surface area contributed by atoms with Crippen LogP contribution in [0.2, 0.25) is 0 Å². The number of aromatic nitrogens is 2. The van der Waals surface area contributed by atoms with E-state index >= 15 is 0 Å². The smallest absolute Gasteiger partial charge is 0.208 e. The number of benzene rings is 1. The SMILES string of the molecule is COc1cccc(S(=O)(=O)c2ccnc3c(C4=CCNCC4)c[nH]c23)c1. The summed E-state index contributed by atoms with van der Waals surface area (Å²) >= 11 is 0. The summed E-state index contributed by atoms with van der Waals surface area (Å²) in [5.41, 5.74) is 3.36. The second-order valence-corrected chi connectivity index (χ2v) is 8.02. The van der Waals surface area contributed by atoms with E-state index in [4.69, 9.17) is 4.74 Å². The molecule has 6 nitrogen and oxygen atoms in total. The molecule has 0 aliphatic carbocycles. The Bertz CT molecular complexity index is 1100. The molecule has 2 N–H and O–H groups in total. The maximum atomic E-state index is 13.2. The van der Waals surface area contributed by atoms with E-state index in [1.807, 2.05) is 6.20 Å². The number of H-pyrrole nitrogens is 1. The van der Waals surface area contributed by atoms with Crippen LogP contribution >= 0.6 is 0 Å². The molecule has 0 saturated heterocycles. The van der Waals surface area contributed by atoms with Gasteiger partial charge in [0.05, 0.1) is 27.9 Å². The number of hydrogen-bond donors (Lipinski definition) is 2. The number of aromatic amines is 1. The number of methoxy groups -OCH3 is 1. The number of rotatable bonds is 4. The molecule has 2 aromatic heterocycles. The van der Waals surface area contributed by atoms with Gasteiger partial charge >= 0.3 is 0 Å². The molecule has 1 aliphatic heterocycles. The van der Waals surface area contributed by atoms with Gasteiger partial charge in [0.25, 0.3) is 0 Å². The first kappa shape index (κ1) is 16.8. The molecule has 1 aliphatic rings. The van der Waals surface area contributed by atoms with Crippen LogP contribution in [-0.4, -0.2) is 38.6 Å². The average Bonchev–Trinajstić information content (AvgIpc) is 3.12. The van der Waals surface area contributed by atoms with E-state index in [2.05, 4.69) is 21.4 Å². The highest BCUT2D eigenvalue weighted by Crippen LogP contribution is 2.32. The Kier molecular flexibility index (Phi) is 4.26. The molecular formula is C19H19N3O3S. The molecule has 26 heavy (non-hydrogen) atoms. The predicted octanol–water partition coefficient (Wildman–Crippen LogP) is 2.78. The minimum Gasteiger partial charge on any atom is -0.497 e. The van der Waals surface area contributed by atoms with Gasteiger partial charge in [0.2, 0.25) is 9.84 Å². The largest absolute Gasteiger partial charge is 0.497 e. The molecule has 4 rings (SSSR count). The zero-order valence-corrected chi connectivity index (χ0v) is 15.1. The molecule has 0 saturated carbocycles. The number of hydrogen-bond acceptors (Lipinski definition) is 5. The summed E-state index contributed by atoms with van der Waals surface area (Å²) in [6.07, 6.45) is 6.41. The molecule has 7 heteroatoms. The van der Waals surface area contributed by atoms with E-state index in [0.717, 1.165) is 25.1 Å². The lowest BCUT2D eigenvalue weighted by Crippen LogP contribution is -2.19. The molecule has 0 amide bonds. The maximum Gasteiger partial charge on any atom is 0.208 e. The van der Waals surface area contributed by atoms with Gasteiger partial charge in [-0.2, -0.15) is 0 Å². The Morgan fingerprint density at radius 1 is 1.23 bits per heavy atom. The van der Waals surface area contributed by atoms with Gasteiger partial charge < -0.3 is 15.0 Å². The Morgan fingerprint density at radius 2 is 2.12 bits per heavy atom. The Morgan fingerprint density at radius 3 is 2.88 bits per heavy atom. The minimum absolute atomic E-state index is 0.196. The minimum atomic E-state index is -3.70. The van der Waals surface area contributed by atoms with Crippen molar-refractivity contribution in [3.05, 3.63) is 54.4 Å². The topological polar surface area (TPSA) is 84.1 Å². The van der Waals surface area contributed by atoms with Crippen molar-refractivity contribution in [1.29, 1.82) is 0 Å². The first-order valence-electron chi connectivity index (χ1n) is 8.36. The van der Waals surface area contributed by atoms with Gasteiger partial charge in [0, 0.05) is 24.5 Å². The second-order valence-electron chi connectivity index (χ2n) is 6.10. The molecule has 3 aromatic rings. The quantitative estimate of drug-likeness (QED) is 0.739. The normalized spacial score (nSPS) is 15.0. The highest BCUT2D eigenvalue weighted by molar-refractivity contribution is 7.91. The van der Waals surface area contributed by atoms with Crippen LogP contribution in [0.3, 0.4) is 0 Å². The summed E-state index contributed by atoms with van der Waals surface area (Å²) in [5, 5.41) is 3.28. The monoisotopic (exact) mass is 369 g/mol. The number of sulfone groups is 1. The number of ether oxygens (including phenoxy) is 1. The molecule has 0 unspecified atom stereocenters. The van der Waals surface area contributed by atoms with Crippen molar-refractivity contribution in [3.8, 4) is 5.75 Å². The summed E-state index contributed by atoms with van der Waals surface area (Å²) in [6, 6.07) is 8.03. The molecule has 0 atom stereocenters. The zero-order chi connectivity index (χ0) is 18.1. The van der Waals surface area contributed by atoms with Gasteiger partial charge in [0.15, 0.2) is 0 Å². The third-order valence-electron chi connectivity index (χ3n) is 4.58. The fourth-order valence-corrected chi connectivity index (χ4v) is 4.68. The van der Waals surface area contributed by atoms with E-state index in [1.54, 1.807) is 24.4 Å². The fourth-order valence-electron chi connectivity index (χ4n) is 3.23. The van der Waals surface area contributed by atoms with Crippen molar-refractivity contribution in [2.75, 3.05) is 20.2 Å². The van der Waals surface area contributed by atoms with Crippen molar-refractivity contribution in [3.63, 3.8) is 0 Å². The van der Waals surface area contributed by atoms with E-state index in [-0.39, 0.29) is 9.79 Å². The van der Waals surface area contributed by atoms with Crippen LogP contribution in [0.25, 0.3) is 16.6 Å². The Hall–Kier alpha value is -2.64. The van der Waals surface area contributed by atoms with E-state index in [9.17, 15) is 8.42 Å². The molecule has 0 bridgehead atoms. The molecule has 0 spiro atoms. The van der Waals surface area contributed by atoms with Gasteiger partial charge in [-0.05, 0) is 42.8 Å². The van der Waals surface area contributed by atoms with Gasteiger partial charge in [0.1, 0.15) is 5.75 Å². The summed E-state index contributed by atoms with van der Waals surface area (Å²) in [4.78, 5) is 7.98. The van der Waals surface area contributed by atoms with Crippen molar-refractivity contribution in [1.82, 2.24) is 15.3 Å². The average molecular weight is 369 g/mol. The van der Waals surface area contributed by atoms with Crippen molar-refractivity contribution >= 4 is 26.4 Å². The molecular weight excluding hydrogens is 350 g/mol. The Labute approximate surface area is 151 Å². The molecule has 3 heterocycles. The van der Waals surface area contributed by atoms with Crippen LogP contribution in [0, 0.1) is 0 Å². The summed E-state index contributed by atoms with van der Waals surface area (Å²) in [6.45, 7) is 1.71. The van der Waals surface area contributed by atoms with Crippen LogP contribution in [0.1, 0.15) is 12.0 Å². The highest BCUT2D eigenvalue weighted by atomic mass is 32.2. The lowest BCUT2D eigenvalue weighted by molar-refractivity contribution is 0.413. The summed E-state index contributed by atoms with van der Waals surface area (Å²) in [5.74, 6) is 0.503. The van der Waals surface area contributed by atoms with E-state index in [1.165, 1.54) is 24.8 Å².